The number of hydrogen-bond donors (Lipinski definition) is 1. The summed E-state index contributed by atoms with van der Waals surface area (Å²) < 4.78 is 31.2. The zero-order chi connectivity index (χ0) is 22.3. The molecule has 9 nitrogen and oxygen atoms in total. The molecular formula is C21H18N4O5S. The highest BCUT2D eigenvalue weighted by Crippen LogP contribution is 2.49. The highest BCUT2D eigenvalue weighted by molar-refractivity contribution is 7.95. The van der Waals surface area contributed by atoms with E-state index in [9.17, 15) is 23.8 Å². The van der Waals surface area contributed by atoms with Gasteiger partial charge in [-0.3, -0.25) is 15.0 Å². The van der Waals surface area contributed by atoms with E-state index >= 15 is 0 Å². The lowest BCUT2D eigenvalue weighted by molar-refractivity contribution is -0.384. The molecule has 0 radical (unpaired) electrons. The molecule has 0 bridgehead atoms. The third-order valence-corrected chi connectivity index (χ3v) is 7.31. The summed E-state index contributed by atoms with van der Waals surface area (Å²) in [6.07, 6.45) is 0.217. The molecule has 0 amide bonds. The number of methoxy groups -OCH3 is 1. The lowest BCUT2D eigenvalue weighted by atomic mass is 9.87. The SMILES string of the molecule is COc1ccc(N2C(N)=C(C#N)[C@H](c3cccc([N+](=O)[O-])c3)C3=C2CCS3(=O)=O)cc1. The Labute approximate surface area is 178 Å². The second-order valence-corrected chi connectivity index (χ2v) is 9.19. The molecule has 2 heterocycles. The van der Waals surface area contributed by atoms with Crippen molar-refractivity contribution in [3.8, 4) is 11.8 Å². The second-order valence-electron chi connectivity index (χ2n) is 7.11. The molecule has 2 aromatic carbocycles. The van der Waals surface area contributed by atoms with Gasteiger partial charge in [0.05, 0.1) is 40.3 Å². The van der Waals surface area contributed by atoms with Crippen LogP contribution in [0.5, 0.6) is 5.75 Å². The zero-order valence-electron chi connectivity index (χ0n) is 16.5. The minimum absolute atomic E-state index is 0.0283. The van der Waals surface area contributed by atoms with Crippen molar-refractivity contribution in [3.63, 3.8) is 0 Å². The van der Waals surface area contributed by atoms with Gasteiger partial charge in [0, 0.05) is 29.9 Å². The van der Waals surface area contributed by atoms with E-state index in [2.05, 4.69) is 0 Å². The van der Waals surface area contributed by atoms with Crippen molar-refractivity contribution in [3.05, 3.63) is 86.2 Å². The van der Waals surface area contributed by atoms with Crippen molar-refractivity contribution in [2.24, 2.45) is 5.73 Å². The molecule has 31 heavy (non-hydrogen) atoms. The highest BCUT2D eigenvalue weighted by atomic mass is 32.2. The first-order chi connectivity index (χ1) is 14.8. The normalized spacial score (nSPS) is 19.7. The molecule has 0 aromatic heterocycles. The zero-order valence-corrected chi connectivity index (χ0v) is 17.3. The van der Waals surface area contributed by atoms with Crippen molar-refractivity contribution in [1.29, 1.82) is 5.26 Å². The van der Waals surface area contributed by atoms with Gasteiger partial charge in [-0.05, 0) is 29.8 Å². The molecule has 2 N–H and O–H groups in total. The van der Waals surface area contributed by atoms with Crippen LogP contribution in [-0.4, -0.2) is 26.2 Å². The number of nitrogens with two attached hydrogens (primary N) is 1. The third-order valence-electron chi connectivity index (χ3n) is 5.43. The van der Waals surface area contributed by atoms with E-state index in [1.165, 1.54) is 25.3 Å². The van der Waals surface area contributed by atoms with Gasteiger partial charge in [0.15, 0.2) is 9.84 Å². The fourth-order valence-electron chi connectivity index (χ4n) is 4.04. The van der Waals surface area contributed by atoms with Crippen LogP contribution >= 0.6 is 0 Å². The van der Waals surface area contributed by atoms with Gasteiger partial charge in [0.1, 0.15) is 11.6 Å². The maximum absolute atomic E-state index is 13.0. The first kappa shape index (κ1) is 20.4. The molecule has 0 spiro atoms. The number of sulfone groups is 1. The summed E-state index contributed by atoms with van der Waals surface area (Å²) in [5.41, 5.74) is 7.63. The number of ether oxygens (including phenoxy) is 1. The maximum atomic E-state index is 13.0. The minimum atomic E-state index is -3.70. The van der Waals surface area contributed by atoms with Crippen LogP contribution in [-0.2, 0) is 9.84 Å². The number of rotatable bonds is 4. The fraction of sp³-hybridized carbons (Fsp3) is 0.190. The number of nitro benzene ring substituents is 1. The number of benzene rings is 2. The molecule has 0 unspecified atom stereocenters. The molecule has 0 aliphatic carbocycles. The molecule has 10 heteroatoms. The van der Waals surface area contributed by atoms with E-state index in [-0.39, 0.29) is 34.2 Å². The number of anilines is 1. The Morgan fingerprint density at radius 2 is 1.97 bits per heavy atom. The average Bonchev–Trinajstić information content (AvgIpc) is 3.07. The Kier molecular flexibility index (Phi) is 4.91. The van der Waals surface area contributed by atoms with E-state index in [0.29, 0.717) is 22.7 Å². The summed E-state index contributed by atoms with van der Waals surface area (Å²) in [5.74, 6) is -0.407. The third kappa shape index (κ3) is 3.29. The monoisotopic (exact) mass is 438 g/mol. The van der Waals surface area contributed by atoms with Crippen LogP contribution in [0.1, 0.15) is 17.9 Å². The van der Waals surface area contributed by atoms with E-state index in [4.69, 9.17) is 10.5 Å². The number of nitrogens with zero attached hydrogens (tertiary/aromatic N) is 3. The summed E-state index contributed by atoms with van der Waals surface area (Å²) in [7, 11) is -2.16. The topological polar surface area (TPSA) is 140 Å². The molecule has 0 saturated carbocycles. The van der Waals surface area contributed by atoms with Crippen LogP contribution in [0, 0.1) is 21.4 Å². The first-order valence-corrected chi connectivity index (χ1v) is 11.0. The largest absolute Gasteiger partial charge is 0.497 e. The number of nitro groups is 1. The van der Waals surface area contributed by atoms with Crippen LogP contribution in [0.4, 0.5) is 11.4 Å². The molecule has 2 aliphatic rings. The van der Waals surface area contributed by atoms with Gasteiger partial charge in [0.2, 0.25) is 0 Å². The average molecular weight is 438 g/mol. The van der Waals surface area contributed by atoms with Crippen LogP contribution in [0.3, 0.4) is 0 Å². The van der Waals surface area contributed by atoms with Crippen molar-refractivity contribution < 1.29 is 18.1 Å². The van der Waals surface area contributed by atoms with E-state index in [1.54, 1.807) is 35.2 Å². The number of nitriles is 1. The van der Waals surface area contributed by atoms with E-state index in [1.807, 2.05) is 6.07 Å². The maximum Gasteiger partial charge on any atom is 0.269 e. The van der Waals surface area contributed by atoms with E-state index < -0.39 is 20.7 Å². The Bertz CT molecular complexity index is 1290. The lowest BCUT2D eigenvalue weighted by Crippen LogP contribution is -2.34. The van der Waals surface area contributed by atoms with Gasteiger partial charge in [-0.15, -0.1) is 0 Å². The molecule has 1 atom stereocenters. The predicted molar refractivity (Wildman–Crippen MR) is 114 cm³/mol. The fourth-order valence-corrected chi connectivity index (χ4v) is 5.89. The minimum Gasteiger partial charge on any atom is -0.497 e. The van der Waals surface area contributed by atoms with Gasteiger partial charge in [-0.25, -0.2) is 8.42 Å². The Balaban J connectivity index is 1.96. The lowest BCUT2D eigenvalue weighted by Gasteiger charge is -2.35. The van der Waals surface area contributed by atoms with Crippen molar-refractivity contribution >= 4 is 21.2 Å². The van der Waals surface area contributed by atoms with E-state index in [0.717, 1.165) is 0 Å². The summed E-state index contributed by atoms with van der Waals surface area (Å²) in [4.78, 5) is 12.3. The summed E-state index contributed by atoms with van der Waals surface area (Å²) in [6, 6.07) is 14.6. The van der Waals surface area contributed by atoms with Gasteiger partial charge < -0.3 is 10.5 Å². The predicted octanol–water partition coefficient (Wildman–Crippen LogP) is 2.93. The quantitative estimate of drug-likeness (QED) is 0.568. The van der Waals surface area contributed by atoms with Crippen LogP contribution in [0.2, 0.25) is 0 Å². The highest BCUT2D eigenvalue weighted by Gasteiger charge is 2.45. The van der Waals surface area contributed by atoms with Crippen molar-refractivity contribution in [1.82, 2.24) is 0 Å². The molecular weight excluding hydrogens is 420 g/mol. The van der Waals surface area contributed by atoms with Gasteiger partial charge in [-0.1, -0.05) is 12.1 Å². The van der Waals surface area contributed by atoms with Crippen molar-refractivity contribution in [2.75, 3.05) is 17.8 Å². The van der Waals surface area contributed by atoms with Crippen molar-refractivity contribution in [2.45, 2.75) is 12.3 Å². The molecule has 2 aliphatic heterocycles. The summed E-state index contributed by atoms with van der Waals surface area (Å²) >= 11 is 0. The van der Waals surface area contributed by atoms with Gasteiger partial charge >= 0.3 is 0 Å². The molecule has 0 fully saturated rings. The molecule has 158 valence electrons. The first-order valence-electron chi connectivity index (χ1n) is 9.32. The van der Waals surface area contributed by atoms with Gasteiger partial charge in [-0.2, -0.15) is 5.26 Å². The molecule has 0 saturated heterocycles. The van der Waals surface area contributed by atoms with Crippen LogP contribution < -0.4 is 15.4 Å². The summed E-state index contributed by atoms with van der Waals surface area (Å²) in [6.45, 7) is 0. The smallest absolute Gasteiger partial charge is 0.269 e. The molecule has 4 rings (SSSR count). The number of allylic oxidation sites excluding steroid dienone is 3. The van der Waals surface area contributed by atoms with Crippen LogP contribution in [0.15, 0.2) is 70.5 Å². The number of hydrogen-bond acceptors (Lipinski definition) is 8. The summed E-state index contributed by atoms with van der Waals surface area (Å²) in [5, 5.41) is 21.2. The standard InChI is InChI=1S/C21H18N4O5S/c1-30-16-7-5-14(6-8-16)24-18-9-10-31(28,29)20(18)19(17(12-22)21(24)23)13-3-2-4-15(11-13)25(26)27/h2-8,11,19H,9-10,23H2,1H3/t19-/m0/s1. The van der Waals surface area contributed by atoms with Crippen LogP contribution in [0.25, 0.3) is 0 Å². The molecule has 2 aromatic rings. The Hall–Kier alpha value is -3.84. The van der Waals surface area contributed by atoms with Gasteiger partial charge in [0.25, 0.3) is 5.69 Å². The number of non-ortho nitro benzene ring substituents is 1. The Morgan fingerprint density at radius 1 is 1.26 bits per heavy atom. The second kappa shape index (κ2) is 7.45. The Morgan fingerprint density at radius 3 is 2.58 bits per heavy atom.